The van der Waals surface area contributed by atoms with Crippen molar-refractivity contribution in [2.75, 3.05) is 19.8 Å². The molecule has 0 spiro atoms. The monoisotopic (exact) mass is 234 g/mol. The van der Waals surface area contributed by atoms with Gasteiger partial charge in [0.05, 0.1) is 19.8 Å². The van der Waals surface area contributed by atoms with Gasteiger partial charge in [-0.3, -0.25) is 0 Å². The first kappa shape index (κ1) is 13.9. The maximum absolute atomic E-state index is 5.57. The van der Waals surface area contributed by atoms with Gasteiger partial charge in [-0.25, -0.2) is 0 Å². The summed E-state index contributed by atoms with van der Waals surface area (Å²) in [7, 11) is 0. The van der Waals surface area contributed by atoms with E-state index in [4.69, 9.17) is 9.47 Å². The van der Waals surface area contributed by atoms with Crippen molar-refractivity contribution in [3.8, 4) is 0 Å². The van der Waals surface area contributed by atoms with E-state index >= 15 is 0 Å². The second-order valence-corrected chi connectivity index (χ2v) is 3.92. The predicted molar refractivity (Wildman–Crippen MR) is 71.9 cm³/mol. The number of hydrogen-bond donors (Lipinski definition) is 0. The molecule has 0 N–H and O–H groups in total. The van der Waals surface area contributed by atoms with E-state index in [1.807, 2.05) is 24.3 Å². The lowest BCUT2D eigenvalue weighted by atomic mass is 10.1. The zero-order valence-corrected chi connectivity index (χ0v) is 10.7. The molecule has 0 radical (unpaired) electrons. The predicted octanol–water partition coefficient (Wildman–Crippen LogP) is 3.66. The fraction of sp³-hybridized carbons (Fsp3) is 0.467. The summed E-state index contributed by atoms with van der Waals surface area (Å²) in [4.78, 5) is 0. The van der Waals surface area contributed by atoms with E-state index in [0.717, 1.165) is 18.6 Å². The van der Waals surface area contributed by atoms with Crippen LogP contribution in [-0.2, 0) is 16.1 Å². The van der Waals surface area contributed by atoms with Crippen molar-refractivity contribution in [1.82, 2.24) is 0 Å². The van der Waals surface area contributed by atoms with Gasteiger partial charge in [-0.1, -0.05) is 50.3 Å². The van der Waals surface area contributed by atoms with Crippen LogP contribution < -0.4 is 0 Å². The minimum atomic E-state index is 0.624. The van der Waals surface area contributed by atoms with Crippen molar-refractivity contribution < 1.29 is 9.47 Å². The summed E-state index contributed by atoms with van der Waals surface area (Å²) in [5.74, 6) is 0. The molecule has 17 heavy (non-hydrogen) atoms. The molecule has 1 rings (SSSR count). The molecule has 0 aliphatic rings. The van der Waals surface area contributed by atoms with Crippen LogP contribution in [0.25, 0.3) is 6.08 Å². The SMILES string of the molecule is C=Cc1ccccc1COCCOCCCC. The lowest BCUT2D eigenvalue weighted by molar-refractivity contribution is 0.0396. The van der Waals surface area contributed by atoms with E-state index in [9.17, 15) is 0 Å². The summed E-state index contributed by atoms with van der Waals surface area (Å²) in [5, 5.41) is 0. The third-order valence-electron chi connectivity index (χ3n) is 2.55. The molecule has 0 bridgehead atoms. The molecule has 94 valence electrons. The van der Waals surface area contributed by atoms with Crippen molar-refractivity contribution in [1.29, 1.82) is 0 Å². The minimum Gasteiger partial charge on any atom is -0.379 e. The standard InChI is InChI=1S/C15H22O2/c1-3-5-10-16-11-12-17-13-15-9-7-6-8-14(15)4-2/h4,6-9H,2-3,5,10-13H2,1H3. The molecular formula is C15H22O2. The Bertz CT molecular complexity index is 320. The zero-order valence-electron chi connectivity index (χ0n) is 10.7. The molecule has 0 heterocycles. The second kappa shape index (κ2) is 8.97. The molecule has 1 aromatic rings. The summed E-state index contributed by atoms with van der Waals surface area (Å²) in [6, 6.07) is 8.14. The minimum absolute atomic E-state index is 0.624. The largest absolute Gasteiger partial charge is 0.379 e. The van der Waals surface area contributed by atoms with E-state index in [1.165, 1.54) is 12.0 Å². The van der Waals surface area contributed by atoms with Gasteiger partial charge < -0.3 is 9.47 Å². The maximum Gasteiger partial charge on any atom is 0.0723 e. The Morgan fingerprint density at radius 2 is 1.88 bits per heavy atom. The smallest absolute Gasteiger partial charge is 0.0723 e. The fourth-order valence-electron chi connectivity index (χ4n) is 1.51. The topological polar surface area (TPSA) is 18.5 Å². The zero-order chi connectivity index (χ0) is 12.3. The molecule has 0 aromatic heterocycles. The molecule has 1 aromatic carbocycles. The van der Waals surface area contributed by atoms with Crippen molar-refractivity contribution in [2.24, 2.45) is 0 Å². The quantitative estimate of drug-likeness (QED) is 0.607. The Kier molecular flexibility index (Phi) is 7.35. The van der Waals surface area contributed by atoms with E-state index in [0.29, 0.717) is 19.8 Å². The molecular weight excluding hydrogens is 212 g/mol. The van der Waals surface area contributed by atoms with Crippen LogP contribution in [0.3, 0.4) is 0 Å². The van der Waals surface area contributed by atoms with Gasteiger partial charge in [0.1, 0.15) is 0 Å². The molecule has 0 unspecified atom stereocenters. The van der Waals surface area contributed by atoms with Gasteiger partial charge in [0.2, 0.25) is 0 Å². The van der Waals surface area contributed by atoms with E-state index < -0.39 is 0 Å². The highest BCUT2D eigenvalue weighted by molar-refractivity contribution is 5.51. The lowest BCUT2D eigenvalue weighted by Gasteiger charge is -2.07. The van der Waals surface area contributed by atoms with Gasteiger partial charge in [-0.2, -0.15) is 0 Å². The summed E-state index contributed by atoms with van der Waals surface area (Å²) >= 11 is 0. The summed E-state index contributed by atoms with van der Waals surface area (Å²) in [6.07, 6.45) is 4.16. The average molecular weight is 234 g/mol. The second-order valence-electron chi connectivity index (χ2n) is 3.92. The van der Waals surface area contributed by atoms with Crippen molar-refractivity contribution in [3.05, 3.63) is 42.0 Å². The Labute approximate surface area is 104 Å². The van der Waals surface area contributed by atoms with Crippen LogP contribution in [0.5, 0.6) is 0 Å². The molecule has 0 amide bonds. The first-order valence-electron chi connectivity index (χ1n) is 6.24. The first-order valence-corrected chi connectivity index (χ1v) is 6.24. The summed E-state index contributed by atoms with van der Waals surface area (Å²) < 4.78 is 11.0. The Balaban J connectivity index is 2.15. The highest BCUT2D eigenvalue weighted by Gasteiger charge is 1.98. The van der Waals surface area contributed by atoms with Crippen LogP contribution in [0.2, 0.25) is 0 Å². The molecule has 2 heteroatoms. The van der Waals surface area contributed by atoms with E-state index in [-0.39, 0.29) is 0 Å². The molecule has 0 fully saturated rings. The maximum atomic E-state index is 5.57. The molecule has 0 atom stereocenters. The van der Waals surface area contributed by atoms with Crippen LogP contribution in [0.15, 0.2) is 30.8 Å². The van der Waals surface area contributed by atoms with Crippen LogP contribution >= 0.6 is 0 Å². The Morgan fingerprint density at radius 1 is 1.12 bits per heavy atom. The number of rotatable bonds is 9. The van der Waals surface area contributed by atoms with Gasteiger partial charge in [0, 0.05) is 6.61 Å². The molecule has 2 nitrogen and oxygen atoms in total. The highest BCUT2D eigenvalue weighted by Crippen LogP contribution is 2.10. The summed E-state index contributed by atoms with van der Waals surface area (Å²) in [6.45, 7) is 8.73. The molecule has 0 aliphatic heterocycles. The third kappa shape index (κ3) is 5.66. The van der Waals surface area contributed by atoms with E-state index in [1.54, 1.807) is 0 Å². The molecule has 0 saturated heterocycles. The van der Waals surface area contributed by atoms with Crippen molar-refractivity contribution in [3.63, 3.8) is 0 Å². The molecule has 0 saturated carbocycles. The normalized spacial score (nSPS) is 10.4. The van der Waals surface area contributed by atoms with Crippen molar-refractivity contribution >= 4 is 6.08 Å². The fourth-order valence-corrected chi connectivity index (χ4v) is 1.51. The Hall–Kier alpha value is -1.12. The number of unbranched alkanes of at least 4 members (excludes halogenated alkanes) is 1. The number of hydrogen-bond acceptors (Lipinski definition) is 2. The van der Waals surface area contributed by atoms with Gasteiger partial charge in [0.15, 0.2) is 0 Å². The van der Waals surface area contributed by atoms with Crippen LogP contribution in [0.1, 0.15) is 30.9 Å². The van der Waals surface area contributed by atoms with Crippen LogP contribution in [-0.4, -0.2) is 19.8 Å². The third-order valence-corrected chi connectivity index (χ3v) is 2.55. The van der Waals surface area contributed by atoms with Gasteiger partial charge in [0.25, 0.3) is 0 Å². The average Bonchev–Trinajstić information content (AvgIpc) is 2.38. The van der Waals surface area contributed by atoms with Crippen molar-refractivity contribution in [2.45, 2.75) is 26.4 Å². The lowest BCUT2D eigenvalue weighted by Crippen LogP contribution is -2.05. The van der Waals surface area contributed by atoms with Gasteiger partial charge in [-0.15, -0.1) is 0 Å². The van der Waals surface area contributed by atoms with E-state index in [2.05, 4.69) is 19.6 Å². The Morgan fingerprint density at radius 3 is 2.65 bits per heavy atom. The first-order chi connectivity index (χ1) is 8.38. The van der Waals surface area contributed by atoms with Crippen LogP contribution in [0, 0.1) is 0 Å². The van der Waals surface area contributed by atoms with Gasteiger partial charge >= 0.3 is 0 Å². The summed E-state index contributed by atoms with van der Waals surface area (Å²) in [5.41, 5.74) is 2.32. The van der Waals surface area contributed by atoms with Crippen LogP contribution in [0.4, 0.5) is 0 Å². The number of benzene rings is 1. The van der Waals surface area contributed by atoms with Gasteiger partial charge in [-0.05, 0) is 17.5 Å². The highest BCUT2D eigenvalue weighted by atomic mass is 16.5. The number of ether oxygens (including phenoxy) is 2. The molecule has 0 aliphatic carbocycles.